The molecule has 0 amide bonds. The van der Waals surface area contributed by atoms with Crippen LogP contribution in [0.15, 0.2) is 30.3 Å². The van der Waals surface area contributed by atoms with Crippen molar-refractivity contribution in [3.05, 3.63) is 36.2 Å². The van der Waals surface area contributed by atoms with Crippen LogP contribution in [-0.2, 0) is 0 Å². The maximum absolute atomic E-state index is 5.80. The third kappa shape index (κ3) is 3.13. The highest BCUT2D eigenvalue weighted by Gasteiger charge is 2.08. The molecule has 0 bridgehead atoms. The number of ether oxygens (including phenoxy) is 1. The molecule has 100 valence electrons. The number of nitrogens with one attached hydrogen (secondary N) is 1. The van der Waals surface area contributed by atoms with Crippen molar-refractivity contribution in [2.24, 2.45) is 0 Å². The van der Waals surface area contributed by atoms with Gasteiger partial charge in [-0.1, -0.05) is 26.0 Å². The summed E-state index contributed by atoms with van der Waals surface area (Å²) < 4.78 is 5.29. The molecule has 5 nitrogen and oxygen atoms in total. The molecule has 0 aliphatic rings. The first kappa shape index (κ1) is 13.1. The average molecular weight is 258 g/mol. The summed E-state index contributed by atoms with van der Waals surface area (Å²) in [7, 11) is 1.63. The van der Waals surface area contributed by atoms with Gasteiger partial charge in [-0.2, -0.15) is 0 Å². The molecule has 1 heterocycles. The minimum Gasteiger partial charge on any atom is -0.495 e. The van der Waals surface area contributed by atoms with Gasteiger partial charge in [-0.15, -0.1) is 0 Å². The van der Waals surface area contributed by atoms with Crippen molar-refractivity contribution in [1.82, 2.24) is 9.97 Å². The number of para-hydroxylation sites is 2. The molecule has 0 fully saturated rings. The van der Waals surface area contributed by atoms with Crippen LogP contribution in [0, 0.1) is 0 Å². The van der Waals surface area contributed by atoms with Gasteiger partial charge < -0.3 is 15.8 Å². The molecule has 0 aliphatic heterocycles. The number of benzene rings is 1. The quantitative estimate of drug-likeness (QED) is 0.882. The molecular weight excluding hydrogens is 240 g/mol. The predicted molar refractivity (Wildman–Crippen MR) is 76.8 cm³/mol. The van der Waals surface area contributed by atoms with E-state index < -0.39 is 0 Å². The second-order valence-corrected chi connectivity index (χ2v) is 4.52. The Morgan fingerprint density at radius 1 is 1.21 bits per heavy atom. The molecular formula is C14H18N4O. The summed E-state index contributed by atoms with van der Waals surface area (Å²) in [6, 6.07) is 9.36. The van der Waals surface area contributed by atoms with Gasteiger partial charge in [0.05, 0.1) is 12.8 Å². The fourth-order valence-corrected chi connectivity index (χ4v) is 1.69. The Kier molecular flexibility index (Phi) is 3.85. The minimum atomic E-state index is 0.224. The predicted octanol–water partition coefficient (Wildman–Crippen LogP) is 2.93. The van der Waals surface area contributed by atoms with Gasteiger partial charge >= 0.3 is 0 Å². The van der Waals surface area contributed by atoms with Crippen LogP contribution in [0.4, 0.5) is 17.3 Å². The maximum atomic E-state index is 5.80. The molecule has 0 saturated carbocycles. The summed E-state index contributed by atoms with van der Waals surface area (Å²) in [5.41, 5.74) is 6.64. The summed E-state index contributed by atoms with van der Waals surface area (Å²) in [6.07, 6.45) is 0. The third-order valence-electron chi connectivity index (χ3n) is 2.65. The van der Waals surface area contributed by atoms with Crippen LogP contribution in [0.3, 0.4) is 0 Å². The van der Waals surface area contributed by atoms with Crippen LogP contribution >= 0.6 is 0 Å². The van der Waals surface area contributed by atoms with Gasteiger partial charge in [-0.25, -0.2) is 9.97 Å². The van der Waals surface area contributed by atoms with E-state index in [0.717, 1.165) is 17.3 Å². The van der Waals surface area contributed by atoms with E-state index in [4.69, 9.17) is 10.5 Å². The summed E-state index contributed by atoms with van der Waals surface area (Å²) in [4.78, 5) is 8.66. The number of aromatic nitrogens is 2. The summed E-state index contributed by atoms with van der Waals surface area (Å²) in [6.45, 7) is 4.06. The van der Waals surface area contributed by atoms with Crippen molar-refractivity contribution in [1.29, 1.82) is 0 Å². The minimum absolute atomic E-state index is 0.224. The zero-order valence-corrected chi connectivity index (χ0v) is 11.3. The molecule has 2 rings (SSSR count). The van der Waals surface area contributed by atoms with Gasteiger partial charge in [-0.05, 0) is 12.1 Å². The highest BCUT2D eigenvalue weighted by Crippen LogP contribution is 2.27. The molecule has 5 heteroatoms. The fraction of sp³-hybridized carbons (Fsp3) is 0.286. The van der Waals surface area contributed by atoms with Gasteiger partial charge in [-0.3, -0.25) is 0 Å². The van der Waals surface area contributed by atoms with Crippen molar-refractivity contribution in [2.75, 3.05) is 18.2 Å². The molecule has 0 atom stereocenters. The van der Waals surface area contributed by atoms with E-state index in [1.807, 2.05) is 38.1 Å². The fourth-order valence-electron chi connectivity index (χ4n) is 1.69. The van der Waals surface area contributed by atoms with Crippen molar-refractivity contribution in [3.8, 4) is 5.75 Å². The van der Waals surface area contributed by atoms with Gasteiger partial charge in [0.2, 0.25) is 0 Å². The van der Waals surface area contributed by atoms with E-state index in [0.29, 0.717) is 11.6 Å². The molecule has 1 aromatic heterocycles. The molecule has 0 aliphatic carbocycles. The first-order valence-corrected chi connectivity index (χ1v) is 6.14. The Morgan fingerprint density at radius 3 is 2.63 bits per heavy atom. The number of nitrogen functional groups attached to an aromatic ring is 1. The summed E-state index contributed by atoms with van der Waals surface area (Å²) in [5.74, 6) is 2.82. The highest BCUT2D eigenvalue weighted by molar-refractivity contribution is 5.65. The number of methoxy groups -OCH3 is 1. The van der Waals surface area contributed by atoms with Crippen LogP contribution in [0.1, 0.15) is 25.6 Å². The third-order valence-corrected chi connectivity index (χ3v) is 2.65. The van der Waals surface area contributed by atoms with Crippen LogP contribution in [0.25, 0.3) is 0 Å². The smallest absolute Gasteiger partial charge is 0.142 e. The number of nitrogens with zero attached hydrogens (tertiary/aromatic N) is 2. The Hall–Kier alpha value is -2.30. The van der Waals surface area contributed by atoms with Gasteiger partial charge in [0.1, 0.15) is 23.2 Å². The summed E-state index contributed by atoms with van der Waals surface area (Å²) >= 11 is 0. The lowest BCUT2D eigenvalue weighted by Crippen LogP contribution is -2.05. The van der Waals surface area contributed by atoms with Crippen LogP contribution in [0.5, 0.6) is 5.75 Å². The summed E-state index contributed by atoms with van der Waals surface area (Å²) in [5, 5.41) is 3.20. The van der Waals surface area contributed by atoms with Gasteiger partial charge in [0.25, 0.3) is 0 Å². The Morgan fingerprint density at radius 2 is 1.95 bits per heavy atom. The number of anilines is 3. The molecule has 1 aromatic carbocycles. The van der Waals surface area contributed by atoms with Gasteiger partial charge in [0.15, 0.2) is 0 Å². The molecule has 0 unspecified atom stereocenters. The van der Waals surface area contributed by atoms with Crippen LogP contribution in [0.2, 0.25) is 0 Å². The van der Waals surface area contributed by atoms with Gasteiger partial charge in [0, 0.05) is 12.0 Å². The molecule has 0 saturated heterocycles. The zero-order chi connectivity index (χ0) is 13.8. The van der Waals surface area contributed by atoms with Crippen molar-refractivity contribution < 1.29 is 4.74 Å². The SMILES string of the molecule is COc1ccccc1Nc1cc(N)nc(C(C)C)n1. The number of hydrogen-bond acceptors (Lipinski definition) is 5. The monoisotopic (exact) mass is 258 g/mol. The zero-order valence-electron chi connectivity index (χ0n) is 11.3. The van der Waals surface area contributed by atoms with E-state index in [-0.39, 0.29) is 5.92 Å². The first-order chi connectivity index (χ1) is 9.10. The second-order valence-electron chi connectivity index (χ2n) is 4.52. The van der Waals surface area contributed by atoms with Crippen LogP contribution < -0.4 is 15.8 Å². The van der Waals surface area contributed by atoms with Crippen LogP contribution in [-0.4, -0.2) is 17.1 Å². The lowest BCUT2D eigenvalue weighted by molar-refractivity contribution is 0.417. The lowest BCUT2D eigenvalue weighted by Gasteiger charge is -2.12. The van der Waals surface area contributed by atoms with E-state index in [1.54, 1.807) is 13.2 Å². The highest BCUT2D eigenvalue weighted by atomic mass is 16.5. The first-order valence-electron chi connectivity index (χ1n) is 6.14. The van der Waals surface area contributed by atoms with E-state index in [1.165, 1.54) is 0 Å². The molecule has 0 spiro atoms. The molecule has 2 aromatic rings. The molecule has 0 radical (unpaired) electrons. The van der Waals surface area contributed by atoms with Crippen molar-refractivity contribution in [2.45, 2.75) is 19.8 Å². The van der Waals surface area contributed by atoms with E-state index in [2.05, 4.69) is 15.3 Å². The number of nitrogens with two attached hydrogens (primary N) is 1. The molecule has 19 heavy (non-hydrogen) atoms. The number of rotatable bonds is 4. The Bertz CT molecular complexity index is 569. The van der Waals surface area contributed by atoms with E-state index >= 15 is 0 Å². The van der Waals surface area contributed by atoms with E-state index in [9.17, 15) is 0 Å². The lowest BCUT2D eigenvalue weighted by atomic mass is 10.2. The normalized spacial score (nSPS) is 10.5. The number of hydrogen-bond donors (Lipinski definition) is 2. The van der Waals surface area contributed by atoms with Crippen molar-refractivity contribution in [3.63, 3.8) is 0 Å². The Labute approximate surface area is 112 Å². The Balaban J connectivity index is 2.32. The topological polar surface area (TPSA) is 73.1 Å². The second kappa shape index (κ2) is 5.56. The average Bonchev–Trinajstić information content (AvgIpc) is 2.38. The van der Waals surface area contributed by atoms with Crippen molar-refractivity contribution >= 4 is 17.3 Å². The largest absolute Gasteiger partial charge is 0.495 e. The maximum Gasteiger partial charge on any atom is 0.142 e. The standard InChI is InChI=1S/C14H18N4O/c1-9(2)14-17-12(15)8-13(18-14)16-10-6-4-5-7-11(10)19-3/h4-9H,1-3H3,(H3,15,16,17,18). The molecule has 3 N–H and O–H groups in total.